The van der Waals surface area contributed by atoms with Crippen LogP contribution >= 0.6 is 46.0 Å². The Morgan fingerprint density at radius 2 is 1.85 bits per heavy atom. The zero-order valence-corrected chi connectivity index (χ0v) is 9.69. The first-order valence-electron chi connectivity index (χ1n) is 3.19. The normalized spacial score (nSPS) is 17.2. The van der Waals surface area contributed by atoms with Gasteiger partial charge in [0, 0.05) is 12.2 Å². The molecule has 0 aromatic heterocycles. The molecule has 0 aliphatic carbocycles. The molecule has 0 spiro atoms. The Morgan fingerprint density at radius 1 is 1.31 bits per heavy atom. The van der Waals surface area contributed by atoms with Crippen LogP contribution in [-0.2, 0) is 0 Å². The molecule has 2 radical (unpaired) electrons. The maximum atomic E-state index is 8.67. The summed E-state index contributed by atoms with van der Waals surface area (Å²) in [4.78, 5) is 1.02. The van der Waals surface area contributed by atoms with E-state index in [2.05, 4.69) is 18.1 Å². The van der Waals surface area contributed by atoms with E-state index in [1.165, 1.54) is 34.3 Å². The second kappa shape index (κ2) is 5.77. The predicted molar refractivity (Wildman–Crippen MR) is 61.9 cm³/mol. The van der Waals surface area contributed by atoms with Gasteiger partial charge in [0.05, 0.1) is 4.58 Å². The summed E-state index contributed by atoms with van der Waals surface area (Å²) in [6.07, 6.45) is 3.13. The molecule has 1 aliphatic rings. The molecule has 0 saturated carbocycles. The fourth-order valence-corrected chi connectivity index (χ4v) is 3.59. The van der Waals surface area contributed by atoms with E-state index >= 15 is 0 Å². The quantitative estimate of drug-likeness (QED) is 0.611. The lowest BCUT2D eigenvalue weighted by molar-refractivity contribution is 1.39. The van der Waals surface area contributed by atoms with Crippen LogP contribution in [0, 0.1) is 29.1 Å². The molecule has 0 aromatic rings. The van der Waals surface area contributed by atoms with Gasteiger partial charge in [0.25, 0.3) is 0 Å². The number of hydrogen-bond acceptors (Lipinski definition) is 6. The fraction of sp³-hybridized carbons (Fsp3) is 0.286. The van der Waals surface area contributed by atoms with Gasteiger partial charge >= 0.3 is 0 Å². The van der Waals surface area contributed by atoms with Crippen LogP contribution in [0.2, 0.25) is 0 Å². The maximum absolute atomic E-state index is 8.67. The first kappa shape index (κ1) is 11.2. The summed E-state index contributed by atoms with van der Waals surface area (Å²) in [7, 11) is 1.38. The number of rotatable bonds is 3. The second-order valence-electron chi connectivity index (χ2n) is 1.93. The molecule has 0 atom stereocenters. The molecule has 0 unspecified atom stereocenters. The number of hydrogen-bond donors (Lipinski definition) is 1. The lowest BCUT2D eigenvalue weighted by Crippen LogP contribution is -1.94. The Balaban J connectivity index is 2.50. The van der Waals surface area contributed by atoms with Crippen LogP contribution in [0.4, 0.5) is 0 Å². The highest BCUT2D eigenvalue weighted by Crippen LogP contribution is 2.46. The van der Waals surface area contributed by atoms with E-state index in [4.69, 9.17) is 10.5 Å². The first-order valence-corrected chi connectivity index (χ1v) is 6.99. The molecule has 0 aromatic carbocycles. The Labute approximate surface area is 94.9 Å². The molecule has 0 fully saturated rings. The van der Waals surface area contributed by atoms with E-state index < -0.39 is 0 Å². The largest absolute Gasteiger partial charge is 0.192 e. The maximum Gasteiger partial charge on any atom is 0.110 e. The van der Waals surface area contributed by atoms with Crippen LogP contribution in [0.15, 0.2) is 9.81 Å². The lowest BCUT2D eigenvalue weighted by Gasteiger charge is -2.03. The van der Waals surface area contributed by atoms with Crippen molar-refractivity contribution in [3.05, 3.63) is 16.2 Å². The number of thiol groups is 1. The molecule has 0 N–H and O–H groups in total. The summed E-state index contributed by atoms with van der Waals surface area (Å²) in [5.74, 6) is 0.700. The van der Waals surface area contributed by atoms with Crippen LogP contribution < -0.4 is 0 Å². The topological polar surface area (TPSA) is 47.6 Å². The highest BCUT2D eigenvalue weighted by molar-refractivity contribution is 8.68. The zero-order chi connectivity index (χ0) is 9.68. The van der Waals surface area contributed by atoms with Crippen molar-refractivity contribution in [3.8, 4) is 12.1 Å². The Hall–Kier alpha value is 0.120. The van der Waals surface area contributed by atoms with Gasteiger partial charge in [-0.25, -0.2) is 0 Å². The van der Waals surface area contributed by atoms with Crippen molar-refractivity contribution in [2.75, 3.05) is 5.75 Å². The minimum Gasteiger partial charge on any atom is -0.192 e. The molecule has 1 heterocycles. The van der Waals surface area contributed by atoms with Gasteiger partial charge in [-0.05, 0) is 0 Å². The van der Waals surface area contributed by atoms with Crippen molar-refractivity contribution < 1.29 is 0 Å². The van der Waals surface area contributed by atoms with E-state index in [1.807, 2.05) is 12.1 Å². The summed E-state index contributed by atoms with van der Waals surface area (Å²) in [5, 5.41) is 17.3. The van der Waals surface area contributed by atoms with E-state index in [0.717, 1.165) is 0 Å². The lowest BCUT2D eigenvalue weighted by atomic mass is 10.5. The highest BCUT2D eigenvalue weighted by Gasteiger charge is 2.25. The van der Waals surface area contributed by atoms with E-state index in [1.54, 1.807) is 0 Å². The summed E-state index contributed by atoms with van der Waals surface area (Å²) < 4.78 is 0.0731. The predicted octanol–water partition coefficient (Wildman–Crippen LogP) is 2.71. The Morgan fingerprint density at radius 3 is 2.23 bits per heavy atom. The number of nitriles is 2. The number of allylic oxidation sites excluding steroid dienone is 2. The summed E-state index contributed by atoms with van der Waals surface area (Å²) in [6, 6.07) is 4.01. The van der Waals surface area contributed by atoms with Crippen molar-refractivity contribution >= 4 is 46.0 Å². The Kier molecular flexibility index (Phi) is 4.97. The van der Waals surface area contributed by atoms with Gasteiger partial charge < -0.3 is 0 Å². The van der Waals surface area contributed by atoms with Gasteiger partial charge in [0.2, 0.25) is 0 Å². The first-order chi connectivity index (χ1) is 6.31. The fourth-order valence-electron chi connectivity index (χ4n) is 0.688. The second-order valence-corrected chi connectivity index (χ2v) is 5.78. The van der Waals surface area contributed by atoms with Gasteiger partial charge in [0.1, 0.15) is 21.9 Å². The summed E-state index contributed by atoms with van der Waals surface area (Å²) in [5.41, 5.74) is 0. The smallest absolute Gasteiger partial charge is 0.110 e. The van der Waals surface area contributed by atoms with Gasteiger partial charge in [-0.1, -0.05) is 34.3 Å². The van der Waals surface area contributed by atoms with Gasteiger partial charge in [-0.3, -0.25) is 0 Å². The van der Waals surface area contributed by atoms with Crippen molar-refractivity contribution in [2.45, 2.75) is 4.58 Å². The molecule has 6 heteroatoms. The van der Waals surface area contributed by atoms with Crippen LogP contribution in [0.1, 0.15) is 0 Å². The molecule has 1 rings (SSSR count). The van der Waals surface area contributed by atoms with Crippen LogP contribution in [0.5, 0.6) is 0 Å². The molecule has 13 heavy (non-hydrogen) atoms. The molecular weight excluding hydrogens is 240 g/mol. The number of thioether (sulfide) groups is 2. The van der Waals surface area contributed by atoms with Crippen molar-refractivity contribution in [3.63, 3.8) is 0 Å². The van der Waals surface area contributed by atoms with Gasteiger partial charge in [-0.15, -0.1) is 11.7 Å². The van der Waals surface area contributed by atoms with Crippen LogP contribution in [0.25, 0.3) is 0 Å². The summed E-state index contributed by atoms with van der Waals surface area (Å²) in [6.45, 7) is 0. The van der Waals surface area contributed by atoms with Gasteiger partial charge in [0.15, 0.2) is 0 Å². The van der Waals surface area contributed by atoms with E-state index in [0.29, 0.717) is 15.6 Å². The van der Waals surface area contributed by atoms with Crippen molar-refractivity contribution in [1.82, 2.24) is 0 Å². The third-order valence-corrected chi connectivity index (χ3v) is 4.39. The average Bonchev–Trinajstić information content (AvgIpc) is 2.57. The standard InChI is InChI=1S/C7H4N2S4/c8-3-5-6(4-9)13-7(12-5)1-2-11-10/h7,10H,2H2. The molecular formula is C7H4N2S4. The highest BCUT2D eigenvalue weighted by atomic mass is 33.1. The third-order valence-electron chi connectivity index (χ3n) is 1.17. The molecule has 1 aliphatic heterocycles. The Bertz CT molecular complexity index is 273. The molecule has 0 bridgehead atoms. The van der Waals surface area contributed by atoms with Crippen molar-refractivity contribution in [2.24, 2.45) is 0 Å². The van der Waals surface area contributed by atoms with Crippen molar-refractivity contribution in [1.29, 1.82) is 10.5 Å². The SMILES string of the molecule is N#CC1=C(C#N)SC([C]CSS)S1. The third kappa shape index (κ3) is 3.07. The number of nitrogens with zero attached hydrogens (tertiary/aromatic N) is 2. The average molecular weight is 244 g/mol. The van der Waals surface area contributed by atoms with Crippen LogP contribution in [-0.4, -0.2) is 10.3 Å². The molecule has 0 amide bonds. The molecule has 2 nitrogen and oxygen atoms in total. The monoisotopic (exact) mass is 244 g/mol. The van der Waals surface area contributed by atoms with E-state index in [-0.39, 0.29) is 4.58 Å². The molecule has 66 valence electrons. The summed E-state index contributed by atoms with van der Waals surface area (Å²) >= 11 is 6.74. The molecule has 0 saturated heterocycles. The minimum atomic E-state index is 0.0731. The van der Waals surface area contributed by atoms with E-state index in [9.17, 15) is 0 Å². The van der Waals surface area contributed by atoms with Gasteiger partial charge in [-0.2, -0.15) is 10.5 Å². The minimum absolute atomic E-state index is 0.0731. The zero-order valence-electron chi connectivity index (χ0n) is 6.35. The van der Waals surface area contributed by atoms with Crippen LogP contribution in [0.3, 0.4) is 0 Å².